The van der Waals surface area contributed by atoms with Gasteiger partial charge in [-0.15, -0.1) is 0 Å². The quantitative estimate of drug-likeness (QED) is 0.849. The molecule has 0 aromatic heterocycles. The van der Waals surface area contributed by atoms with Crippen molar-refractivity contribution in [2.24, 2.45) is 5.92 Å². The minimum absolute atomic E-state index is 0.409. The molecule has 0 saturated carbocycles. The number of likely N-dealkylation sites (tertiary alicyclic amines) is 1. The molecule has 18 heavy (non-hydrogen) atoms. The van der Waals surface area contributed by atoms with Crippen LogP contribution in [0.2, 0.25) is 0 Å². The highest BCUT2D eigenvalue weighted by Crippen LogP contribution is 2.27. The van der Waals surface area contributed by atoms with Crippen LogP contribution in [0.4, 0.5) is 0 Å². The predicted molar refractivity (Wildman–Crippen MR) is 77.9 cm³/mol. The SMILES string of the molecule is CNCC1CCCCN1C(=O)CC1CCSCC1. The average Bonchev–Trinajstić information content (AvgIpc) is 2.41. The molecule has 2 saturated heterocycles. The Balaban J connectivity index is 1.84. The minimum atomic E-state index is 0.409. The standard InChI is InChI=1S/C14H26N2OS/c1-15-11-13-4-2-3-7-16(13)14(17)10-12-5-8-18-9-6-12/h12-13,15H,2-11H2,1H3. The van der Waals surface area contributed by atoms with E-state index in [1.807, 2.05) is 18.8 Å². The van der Waals surface area contributed by atoms with E-state index in [2.05, 4.69) is 10.2 Å². The zero-order valence-corrected chi connectivity index (χ0v) is 12.3. The number of amides is 1. The Hall–Kier alpha value is -0.220. The Kier molecular flexibility index (Phi) is 5.83. The number of nitrogens with zero attached hydrogens (tertiary/aromatic N) is 1. The lowest BCUT2D eigenvalue weighted by atomic mass is 9.95. The second-order valence-electron chi connectivity index (χ2n) is 5.55. The topological polar surface area (TPSA) is 32.3 Å². The number of carbonyl (C=O) groups is 1. The first kappa shape index (κ1) is 14.2. The Labute approximate surface area is 115 Å². The summed E-state index contributed by atoms with van der Waals surface area (Å²) in [6.45, 7) is 1.93. The van der Waals surface area contributed by atoms with Crippen molar-refractivity contribution in [1.29, 1.82) is 0 Å². The van der Waals surface area contributed by atoms with Crippen LogP contribution in [-0.4, -0.2) is 48.5 Å². The lowest BCUT2D eigenvalue weighted by Crippen LogP contribution is -2.48. The summed E-state index contributed by atoms with van der Waals surface area (Å²) in [6.07, 6.45) is 6.90. The highest BCUT2D eigenvalue weighted by atomic mass is 32.2. The van der Waals surface area contributed by atoms with Crippen LogP contribution in [-0.2, 0) is 4.79 Å². The van der Waals surface area contributed by atoms with Gasteiger partial charge in [0, 0.05) is 25.6 Å². The van der Waals surface area contributed by atoms with Crippen molar-refractivity contribution in [3.8, 4) is 0 Å². The maximum absolute atomic E-state index is 12.4. The fourth-order valence-corrected chi connectivity index (χ4v) is 4.30. The number of carbonyl (C=O) groups excluding carboxylic acids is 1. The van der Waals surface area contributed by atoms with Gasteiger partial charge >= 0.3 is 0 Å². The zero-order chi connectivity index (χ0) is 12.8. The van der Waals surface area contributed by atoms with Crippen LogP contribution in [0.5, 0.6) is 0 Å². The van der Waals surface area contributed by atoms with Gasteiger partial charge in [-0.05, 0) is 56.6 Å². The number of nitrogens with one attached hydrogen (secondary N) is 1. The minimum Gasteiger partial charge on any atom is -0.338 e. The lowest BCUT2D eigenvalue weighted by Gasteiger charge is -2.37. The summed E-state index contributed by atoms with van der Waals surface area (Å²) < 4.78 is 0. The van der Waals surface area contributed by atoms with Crippen molar-refractivity contribution < 1.29 is 4.79 Å². The molecular formula is C14H26N2OS. The molecular weight excluding hydrogens is 244 g/mol. The van der Waals surface area contributed by atoms with Gasteiger partial charge in [-0.3, -0.25) is 4.79 Å². The Bertz CT molecular complexity index is 265. The first-order valence-corrected chi connectivity index (χ1v) is 8.48. The van der Waals surface area contributed by atoms with Gasteiger partial charge in [0.25, 0.3) is 0 Å². The van der Waals surface area contributed by atoms with Crippen LogP contribution in [0, 0.1) is 5.92 Å². The summed E-state index contributed by atoms with van der Waals surface area (Å²) in [5.74, 6) is 3.55. The third-order valence-corrected chi connectivity index (χ3v) is 5.24. The molecule has 1 amide bonds. The summed E-state index contributed by atoms with van der Waals surface area (Å²) >= 11 is 2.04. The average molecular weight is 270 g/mol. The first-order chi connectivity index (χ1) is 8.81. The third-order valence-electron chi connectivity index (χ3n) is 4.19. The maximum Gasteiger partial charge on any atom is 0.223 e. The summed E-state index contributed by atoms with van der Waals surface area (Å²) in [6, 6.07) is 0.439. The lowest BCUT2D eigenvalue weighted by molar-refractivity contribution is -0.135. The van der Waals surface area contributed by atoms with Crippen LogP contribution >= 0.6 is 11.8 Å². The molecule has 2 aliphatic heterocycles. The number of thioether (sulfide) groups is 1. The van der Waals surface area contributed by atoms with Crippen molar-refractivity contribution in [1.82, 2.24) is 10.2 Å². The van der Waals surface area contributed by atoms with E-state index in [0.29, 0.717) is 17.9 Å². The molecule has 1 atom stereocenters. The van der Waals surface area contributed by atoms with Crippen molar-refractivity contribution in [3.05, 3.63) is 0 Å². The molecule has 104 valence electrons. The van der Waals surface area contributed by atoms with Crippen LogP contribution in [0.25, 0.3) is 0 Å². The van der Waals surface area contributed by atoms with Gasteiger partial charge in [0.1, 0.15) is 0 Å². The van der Waals surface area contributed by atoms with Gasteiger partial charge in [-0.25, -0.2) is 0 Å². The van der Waals surface area contributed by atoms with Crippen LogP contribution in [0.15, 0.2) is 0 Å². The van der Waals surface area contributed by atoms with Crippen molar-refractivity contribution in [2.75, 3.05) is 31.6 Å². The highest BCUT2D eigenvalue weighted by Gasteiger charge is 2.28. The molecule has 0 aliphatic carbocycles. The maximum atomic E-state index is 12.4. The van der Waals surface area contributed by atoms with E-state index in [4.69, 9.17) is 0 Å². The van der Waals surface area contributed by atoms with Gasteiger partial charge in [0.15, 0.2) is 0 Å². The van der Waals surface area contributed by atoms with E-state index in [1.165, 1.54) is 43.6 Å². The van der Waals surface area contributed by atoms with Crippen LogP contribution in [0.1, 0.15) is 38.5 Å². The molecule has 0 aromatic carbocycles. The largest absolute Gasteiger partial charge is 0.338 e. The normalized spacial score (nSPS) is 26.3. The molecule has 0 bridgehead atoms. The molecule has 0 aromatic rings. The van der Waals surface area contributed by atoms with Crippen LogP contribution < -0.4 is 5.32 Å². The number of hydrogen-bond donors (Lipinski definition) is 1. The Morgan fingerprint density at radius 2 is 2.06 bits per heavy atom. The van der Waals surface area contributed by atoms with Crippen molar-refractivity contribution in [3.63, 3.8) is 0 Å². The Morgan fingerprint density at radius 1 is 1.28 bits per heavy atom. The Morgan fingerprint density at radius 3 is 2.78 bits per heavy atom. The van der Waals surface area contributed by atoms with E-state index in [-0.39, 0.29) is 0 Å². The molecule has 1 unspecified atom stereocenters. The molecule has 1 N–H and O–H groups in total. The highest BCUT2D eigenvalue weighted by molar-refractivity contribution is 7.99. The molecule has 0 radical (unpaired) electrons. The van der Waals surface area contributed by atoms with E-state index >= 15 is 0 Å². The smallest absolute Gasteiger partial charge is 0.223 e. The number of piperidine rings is 1. The van der Waals surface area contributed by atoms with E-state index in [9.17, 15) is 4.79 Å². The van der Waals surface area contributed by atoms with Gasteiger partial charge in [0.05, 0.1) is 0 Å². The molecule has 0 spiro atoms. The van der Waals surface area contributed by atoms with E-state index in [1.54, 1.807) is 0 Å². The van der Waals surface area contributed by atoms with Crippen molar-refractivity contribution >= 4 is 17.7 Å². The third kappa shape index (κ3) is 3.89. The second kappa shape index (κ2) is 7.39. The molecule has 3 nitrogen and oxygen atoms in total. The van der Waals surface area contributed by atoms with E-state index in [0.717, 1.165) is 19.5 Å². The van der Waals surface area contributed by atoms with Crippen LogP contribution in [0.3, 0.4) is 0 Å². The van der Waals surface area contributed by atoms with E-state index < -0.39 is 0 Å². The van der Waals surface area contributed by atoms with Gasteiger partial charge < -0.3 is 10.2 Å². The monoisotopic (exact) mass is 270 g/mol. The number of likely N-dealkylation sites (N-methyl/N-ethyl adjacent to an activating group) is 1. The molecule has 4 heteroatoms. The van der Waals surface area contributed by atoms with Gasteiger partial charge in [-0.1, -0.05) is 0 Å². The summed E-state index contributed by atoms with van der Waals surface area (Å²) in [4.78, 5) is 14.6. The molecule has 2 heterocycles. The molecule has 2 fully saturated rings. The summed E-state index contributed by atoms with van der Waals surface area (Å²) in [5.41, 5.74) is 0. The first-order valence-electron chi connectivity index (χ1n) is 7.33. The molecule has 2 aliphatic rings. The summed E-state index contributed by atoms with van der Waals surface area (Å²) in [7, 11) is 1.98. The van der Waals surface area contributed by atoms with Crippen molar-refractivity contribution in [2.45, 2.75) is 44.6 Å². The summed E-state index contributed by atoms with van der Waals surface area (Å²) in [5, 5.41) is 3.23. The molecule has 2 rings (SSSR count). The number of rotatable bonds is 4. The fourth-order valence-electron chi connectivity index (χ4n) is 3.09. The predicted octanol–water partition coefficient (Wildman–Crippen LogP) is 2.12. The van der Waals surface area contributed by atoms with Gasteiger partial charge in [-0.2, -0.15) is 11.8 Å². The number of hydrogen-bond acceptors (Lipinski definition) is 3. The second-order valence-corrected chi connectivity index (χ2v) is 6.78. The fraction of sp³-hybridized carbons (Fsp3) is 0.929. The van der Waals surface area contributed by atoms with Gasteiger partial charge in [0.2, 0.25) is 5.91 Å². The zero-order valence-electron chi connectivity index (χ0n) is 11.5.